The van der Waals surface area contributed by atoms with Gasteiger partial charge in [0.1, 0.15) is 11.8 Å². The number of benzene rings is 2. The van der Waals surface area contributed by atoms with E-state index >= 15 is 0 Å². The smallest absolute Gasteiger partial charge is 0.322 e. The highest BCUT2D eigenvalue weighted by Crippen LogP contribution is 2.21. The van der Waals surface area contributed by atoms with Crippen LogP contribution in [0.1, 0.15) is 16.8 Å². The van der Waals surface area contributed by atoms with Crippen LogP contribution in [0.3, 0.4) is 0 Å². The van der Waals surface area contributed by atoms with E-state index in [9.17, 15) is 19.2 Å². The number of carbonyl (C=O) groups excluding carboxylic acids is 4. The van der Waals surface area contributed by atoms with Crippen molar-refractivity contribution in [3.05, 3.63) is 54.1 Å². The molecule has 0 saturated carbocycles. The van der Waals surface area contributed by atoms with E-state index in [1.54, 1.807) is 48.5 Å². The third-order valence-electron chi connectivity index (χ3n) is 4.00. The van der Waals surface area contributed by atoms with Crippen LogP contribution in [-0.2, 0) is 9.59 Å². The topological polar surface area (TPSA) is 126 Å². The lowest BCUT2D eigenvalue weighted by Gasteiger charge is -2.11. The highest BCUT2D eigenvalue weighted by Gasteiger charge is 2.31. The van der Waals surface area contributed by atoms with E-state index in [1.165, 1.54) is 7.11 Å². The van der Waals surface area contributed by atoms with E-state index in [1.807, 2.05) is 0 Å². The van der Waals surface area contributed by atoms with Gasteiger partial charge < -0.3 is 20.7 Å². The van der Waals surface area contributed by atoms with Crippen LogP contribution in [0.4, 0.5) is 16.2 Å². The third-order valence-corrected chi connectivity index (χ3v) is 4.00. The second-order valence-electron chi connectivity index (χ2n) is 6.00. The van der Waals surface area contributed by atoms with Crippen molar-refractivity contribution in [2.24, 2.45) is 0 Å². The number of imide groups is 1. The molecule has 0 aromatic heterocycles. The monoisotopic (exact) mass is 382 g/mol. The summed E-state index contributed by atoms with van der Waals surface area (Å²) in [6, 6.07) is 11.9. The SMILES string of the molecule is COc1ccccc1C(=O)Nc1cccc(NC(=O)C[C@H]2NC(=O)NC2=O)c1. The Morgan fingerprint density at radius 3 is 2.43 bits per heavy atom. The highest BCUT2D eigenvalue weighted by atomic mass is 16.5. The van der Waals surface area contributed by atoms with E-state index in [2.05, 4.69) is 21.3 Å². The molecule has 0 spiro atoms. The number of carbonyl (C=O) groups is 4. The number of hydrogen-bond acceptors (Lipinski definition) is 5. The average Bonchev–Trinajstić information content (AvgIpc) is 2.98. The Morgan fingerprint density at radius 2 is 1.75 bits per heavy atom. The van der Waals surface area contributed by atoms with Crippen molar-refractivity contribution in [1.29, 1.82) is 0 Å². The number of methoxy groups -OCH3 is 1. The third kappa shape index (κ3) is 4.44. The average molecular weight is 382 g/mol. The molecule has 2 aromatic carbocycles. The van der Waals surface area contributed by atoms with Gasteiger partial charge in [0, 0.05) is 11.4 Å². The molecule has 3 rings (SSSR count). The van der Waals surface area contributed by atoms with Crippen LogP contribution in [0.2, 0.25) is 0 Å². The van der Waals surface area contributed by atoms with E-state index < -0.39 is 23.9 Å². The highest BCUT2D eigenvalue weighted by molar-refractivity contribution is 6.08. The zero-order chi connectivity index (χ0) is 20.1. The van der Waals surface area contributed by atoms with Gasteiger partial charge in [-0.05, 0) is 30.3 Å². The number of hydrogen-bond donors (Lipinski definition) is 4. The van der Waals surface area contributed by atoms with Gasteiger partial charge >= 0.3 is 6.03 Å². The molecule has 0 unspecified atom stereocenters. The molecular formula is C19H18N4O5. The van der Waals surface area contributed by atoms with Crippen LogP contribution < -0.4 is 26.0 Å². The quantitative estimate of drug-likeness (QED) is 0.563. The Bertz CT molecular complexity index is 943. The van der Waals surface area contributed by atoms with Gasteiger partial charge in [0.15, 0.2) is 0 Å². The number of nitrogens with one attached hydrogen (secondary N) is 4. The van der Waals surface area contributed by atoms with Crippen LogP contribution >= 0.6 is 0 Å². The summed E-state index contributed by atoms with van der Waals surface area (Å²) in [5.74, 6) is -0.902. The van der Waals surface area contributed by atoms with Crippen molar-refractivity contribution >= 4 is 35.1 Å². The van der Waals surface area contributed by atoms with E-state index in [0.717, 1.165) is 0 Å². The number of para-hydroxylation sites is 1. The summed E-state index contributed by atoms with van der Waals surface area (Å²) >= 11 is 0. The molecule has 28 heavy (non-hydrogen) atoms. The second kappa shape index (κ2) is 8.21. The number of ether oxygens (including phenoxy) is 1. The minimum absolute atomic E-state index is 0.199. The zero-order valence-corrected chi connectivity index (χ0v) is 14.9. The predicted octanol–water partition coefficient (Wildman–Crippen LogP) is 1.48. The number of anilines is 2. The fourth-order valence-electron chi connectivity index (χ4n) is 2.71. The Morgan fingerprint density at radius 1 is 1.04 bits per heavy atom. The normalized spacial score (nSPS) is 15.4. The predicted molar refractivity (Wildman–Crippen MR) is 101 cm³/mol. The van der Waals surface area contributed by atoms with Crippen LogP contribution in [0.5, 0.6) is 5.75 Å². The minimum Gasteiger partial charge on any atom is -0.496 e. The molecule has 4 N–H and O–H groups in total. The van der Waals surface area contributed by atoms with Crippen molar-refractivity contribution in [3.63, 3.8) is 0 Å². The maximum absolute atomic E-state index is 12.5. The maximum Gasteiger partial charge on any atom is 0.322 e. The van der Waals surface area contributed by atoms with Crippen molar-refractivity contribution < 1.29 is 23.9 Å². The first-order valence-electron chi connectivity index (χ1n) is 8.42. The molecule has 2 aromatic rings. The molecule has 1 aliphatic rings. The Kier molecular flexibility index (Phi) is 5.54. The van der Waals surface area contributed by atoms with Gasteiger partial charge in [0.05, 0.1) is 19.1 Å². The maximum atomic E-state index is 12.5. The lowest BCUT2D eigenvalue weighted by molar-refractivity contribution is -0.124. The van der Waals surface area contributed by atoms with Crippen molar-refractivity contribution in [3.8, 4) is 5.75 Å². The number of amides is 5. The van der Waals surface area contributed by atoms with Gasteiger partial charge in [-0.2, -0.15) is 0 Å². The minimum atomic E-state index is -0.902. The van der Waals surface area contributed by atoms with Crippen LogP contribution in [-0.4, -0.2) is 36.9 Å². The molecule has 5 amide bonds. The van der Waals surface area contributed by atoms with Gasteiger partial charge in [0.2, 0.25) is 5.91 Å². The summed E-state index contributed by atoms with van der Waals surface area (Å²) in [5, 5.41) is 9.80. The molecule has 1 fully saturated rings. The first kappa shape index (κ1) is 18.9. The number of rotatable bonds is 6. The fraction of sp³-hybridized carbons (Fsp3) is 0.158. The summed E-state index contributed by atoms with van der Waals surface area (Å²) < 4.78 is 5.18. The largest absolute Gasteiger partial charge is 0.496 e. The van der Waals surface area contributed by atoms with Gasteiger partial charge in [-0.3, -0.25) is 19.7 Å². The van der Waals surface area contributed by atoms with E-state index in [-0.39, 0.29) is 12.3 Å². The molecule has 1 atom stereocenters. The van der Waals surface area contributed by atoms with Gasteiger partial charge in [0.25, 0.3) is 11.8 Å². The van der Waals surface area contributed by atoms with Crippen LogP contribution in [0, 0.1) is 0 Å². The molecule has 144 valence electrons. The molecular weight excluding hydrogens is 364 g/mol. The first-order chi connectivity index (χ1) is 13.5. The number of urea groups is 1. The van der Waals surface area contributed by atoms with Crippen molar-refractivity contribution in [2.45, 2.75) is 12.5 Å². The summed E-state index contributed by atoms with van der Waals surface area (Å²) in [5.41, 5.74) is 1.29. The molecule has 1 heterocycles. The first-order valence-corrected chi connectivity index (χ1v) is 8.42. The van der Waals surface area contributed by atoms with Gasteiger partial charge in [-0.1, -0.05) is 18.2 Å². The second-order valence-corrected chi connectivity index (χ2v) is 6.00. The zero-order valence-electron chi connectivity index (χ0n) is 14.9. The molecule has 9 nitrogen and oxygen atoms in total. The molecule has 0 radical (unpaired) electrons. The Balaban J connectivity index is 1.64. The summed E-state index contributed by atoms with van der Waals surface area (Å²) in [4.78, 5) is 47.2. The van der Waals surface area contributed by atoms with Crippen molar-refractivity contribution in [2.75, 3.05) is 17.7 Å². The molecule has 0 bridgehead atoms. The molecule has 0 aliphatic carbocycles. The molecule has 9 heteroatoms. The summed E-state index contributed by atoms with van der Waals surface area (Å²) in [7, 11) is 1.48. The van der Waals surface area contributed by atoms with Crippen LogP contribution in [0.25, 0.3) is 0 Å². The Labute approximate surface area is 160 Å². The lowest BCUT2D eigenvalue weighted by atomic mass is 10.1. The van der Waals surface area contributed by atoms with Gasteiger partial charge in [-0.15, -0.1) is 0 Å². The standard InChI is InChI=1S/C19H18N4O5/c1-28-15-8-3-2-7-13(15)17(25)21-12-6-4-5-11(9-12)20-16(24)10-14-18(26)23-19(27)22-14/h2-9,14H,10H2,1H3,(H,20,24)(H,21,25)(H2,22,23,26,27)/t14-/m1/s1. The summed E-state index contributed by atoms with van der Waals surface area (Å²) in [6.45, 7) is 0. The van der Waals surface area contributed by atoms with Crippen LogP contribution in [0.15, 0.2) is 48.5 Å². The Hall–Kier alpha value is -3.88. The van der Waals surface area contributed by atoms with Gasteiger partial charge in [-0.25, -0.2) is 4.79 Å². The van der Waals surface area contributed by atoms with E-state index in [0.29, 0.717) is 22.7 Å². The summed E-state index contributed by atoms with van der Waals surface area (Å²) in [6.07, 6.45) is -0.199. The molecule has 1 aliphatic heterocycles. The lowest BCUT2D eigenvalue weighted by Crippen LogP contribution is -2.33. The molecule has 1 saturated heterocycles. The van der Waals surface area contributed by atoms with Crippen molar-refractivity contribution in [1.82, 2.24) is 10.6 Å². The fourth-order valence-corrected chi connectivity index (χ4v) is 2.71. The van der Waals surface area contributed by atoms with E-state index in [4.69, 9.17) is 4.74 Å².